The zero-order valence-corrected chi connectivity index (χ0v) is 14.3. The van der Waals surface area contributed by atoms with E-state index in [0.29, 0.717) is 29.4 Å². The van der Waals surface area contributed by atoms with Crippen molar-refractivity contribution >= 4 is 26.0 Å². The summed E-state index contributed by atoms with van der Waals surface area (Å²) in [4.78, 5) is 2.63. The van der Waals surface area contributed by atoms with Crippen molar-refractivity contribution in [3.05, 3.63) is 11.4 Å². The quantitative estimate of drug-likeness (QED) is 0.812. The average Bonchev–Trinajstić information content (AvgIpc) is 2.62. The van der Waals surface area contributed by atoms with E-state index in [1.54, 1.807) is 18.2 Å². The van der Waals surface area contributed by atoms with E-state index in [2.05, 4.69) is 31.0 Å². The molecule has 0 spiro atoms. The molecule has 1 aromatic rings. The molecule has 8 heteroatoms. The number of aromatic amines is 1. The molecular formula is C12H21BrN4O2S. The van der Waals surface area contributed by atoms with E-state index in [1.807, 2.05) is 0 Å². The monoisotopic (exact) mass is 364 g/mol. The van der Waals surface area contributed by atoms with Gasteiger partial charge < -0.3 is 4.90 Å². The smallest absolute Gasteiger partial charge is 0.246 e. The van der Waals surface area contributed by atoms with E-state index in [0.717, 1.165) is 31.4 Å². The predicted octanol–water partition coefficient (Wildman–Crippen LogP) is 1.12. The predicted molar refractivity (Wildman–Crippen MR) is 81.7 cm³/mol. The van der Waals surface area contributed by atoms with Gasteiger partial charge in [-0.05, 0) is 26.8 Å². The molecule has 1 saturated heterocycles. The number of alkyl halides is 1. The van der Waals surface area contributed by atoms with Crippen LogP contribution >= 0.6 is 15.9 Å². The largest absolute Gasteiger partial charge is 0.301 e. The molecule has 1 aliphatic heterocycles. The van der Waals surface area contributed by atoms with Crippen LogP contribution in [0.15, 0.2) is 4.90 Å². The standard InChI is InChI=1S/C12H21BrN4O2S/c1-10-12(11(2)15-14-10)20(18,19)17-6-3-5-16(7-4-13)8-9-17/h3-9H2,1-2H3,(H,14,15). The van der Waals surface area contributed by atoms with Crippen LogP contribution in [0, 0.1) is 13.8 Å². The van der Waals surface area contributed by atoms with Crippen LogP contribution in [0.1, 0.15) is 17.8 Å². The van der Waals surface area contributed by atoms with Gasteiger partial charge in [0.25, 0.3) is 0 Å². The zero-order valence-electron chi connectivity index (χ0n) is 11.9. The third-order valence-corrected chi connectivity index (χ3v) is 6.12. The number of nitrogens with one attached hydrogen (secondary N) is 1. The second-order valence-electron chi connectivity index (χ2n) is 5.05. The molecule has 0 aromatic carbocycles. The lowest BCUT2D eigenvalue weighted by molar-refractivity contribution is 0.305. The van der Waals surface area contributed by atoms with Crippen molar-refractivity contribution in [2.75, 3.05) is 38.1 Å². The lowest BCUT2D eigenvalue weighted by Crippen LogP contribution is -2.36. The maximum atomic E-state index is 12.7. The Morgan fingerprint density at radius 1 is 1.25 bits per heavy atom. The topological polar surface area (TPSA) is 69.3 Å². The van der Waals surface area contributed by atoms with Crippen molar-refractivity contribution < 1.29 is 8.42 Å². The van der Waals surface area contributed by atoms with Crippen molar-refractivity contribution in [1.82, 2.24) is 19.4 Å². The maximum Gasteiger partial charge on any atom is 0.246 e. The molecule has 6 nitrogen and oxygen atoms in total. The van der Waals surface area contributed by atoms with Gasteiger partial charge in [0.2, 0.25) is 10.0 Å². The van der Waals surface area contributed by atoms with E-state index in [4.69, 9.17) is 0 Å². The van der Waals surface area contributed by atoms with E-state index in [-0.39, 0.29) is 0 Å². The van der Waals surface area contributed by atoms with Crippen molar-refractivity contribution in [3.8, 4) is 0 Å². The number of H-pyrrole nitrogens is 1. The van der Waals surface area contributed by atoms with Crippen molar-refractivity contribution in [2.45, 2.75) is 25.2 Å². The second-order valence-corrected chi connectivity index (χ2v) is 7.72. The number of aryl methyl sites for hydroxylation is 2. The Morgan fingerprint density at radius 2 is 2.00 bits per heavy atom. The Morgan fingerprint density at radius 3 is 2.60 bits per heavy atom. The summed E-state index contributed by atoms with van der Waals surface area (Å²) in [7, 11) is -3.44. The molecule has 0 aliphatic carbocycles. The SMILES string of the molecule is Cc1n[nH]c(C)c1S(=O)(=O)N1CCCN(CCBr)CC1. The number of hydrogen-bond acceptors (Lipinski definition) is 4. The van der Waals surface area contributed by atoms with Gasteiger partial charge in [-0.25, -0.2) is 8.42 Å². The van der Waals surface area contributed by atoms with Crippen LogP contribution in [0.4, 0.5) is 0 Å². The first kappa shape index (κ1) is 15.9. The molecule has 20 heavy (non-hydrogen) atoms. The van der Waals surface area contributed by atoms with Gasteiger partial charge >= 0.3 is 0 Å². The van der Waals surface area contributed by atoms with Crippen LogP contribution in [-0.4, -0.2) is 65.9 Å². The maximum absolute atomic E-state index is 12.7. The Labute approximate surface area is 128 Å². The highest BCUT2D eigenvalue weighted by molar-refractivity contribution is 9.09. The summed E-state index contributed by atoms with van der Waals surface area (Å²) >= 11 is 3.43. The summed E-state index contributed by atoms with van der Waals surface area (Å²) in [6, 6.07) is 0. The Bertz CT molecular complexity index is 538. The third-order valence-electron chi connectivity index (χ3n) is 3.61. The summed E-state index contributed by atoms with van der Waals surface area (Å²) in [6.45, 7) is 7.27. The van der Waals surface area contributed by atoms with Crippen molar-refractivity contribution in [2.24, 2.45) is 0 Å². The zero-order chi connectivity index (χ0) is 14.8. The fourth-order valence-corrected chi connectivity index (χ4v) is 4.88. The van der Waals surface area contributed by atoms with E-state index < -0.39 is 10.0 Å². The molecule has 2 heterocycles. The molecule has 1 aliphatic rings. The van der Waals surface area contributed by atoms with Crippen LogP contribution in [0.2, 0.25) is 0 Å². The van der Waals surface area contributed by atoms with Crippen LogP contribution in [0.3, 0.4) is 0 Å². The van der Waals surface area contributed by atoms with Crippen LogP contribution in [-0.2, 0) is 10.0 Å². The number of nitrogens with zero attached hydrogens (tertiary/aromatic N) is 3. The minimum Gasteiger partial charge on any atom is -0.301 e. The van der Waals surface area contributed by atoms with Gasteiger partial charge in [0.05, 0.1) is 11.4 Å². The van der Waals surface area contributed by atoms with Gasteiger partial charge in [0.1, 0.15) is 4.90 Å². The van der Waals surface area contributed by atoms with Gasteiger partial charge in [-0.3, -0.25) is 5.10 Å². The summed E-state index contributed by atoms with van der Waals surface area (Å²) in [5.74, 6) is 0. The second kappa shape index (κ2) is 6.55. The minimum atomic E-state index is -3.44. The summed E-state index contributed by atoms with van der Waals surface area (Å²) in [5.41, 5.74) is 1.16. The normalized spacial score (nSPS) is 19.1. The Balaban J connectivity index is 2.18. The molecule has 0 saturated carbocycles. The van der Waals surface area contributed by atoms with Crippen LogP contribution in [0.25, 0.3) is 0 Å². The highest BCUT2D eigenvalue weighted by Gasteiger charge is 2.30. The molecule has 1 fully saturated rings. The molecule has 0 radical (unpaired) electrons. The van der Waals surface area contributed by atoms with Gasteiger partial charge in [0.15, 0.2) is 0 Å². The van der Waals surface area contributed by atoms with Crippen LogP contribution < -0.4 is 0 Å². The van der Waals surface area contributed by atoms with E-state index in [1.165, 1.54) is 0 Å². The highest BCUT2D eigenvalue weighted by atomic mass is 79.9. The molecular weight excluding hydrogens is 344 g/mol. The number of rotatable bonds is 4. The fourth-order valence-electron chi connectivity index (χ4n) is 2.58. The number of aromatic nitrogens is 2. The summed E-state index contributed by atoms with van der Waals surface area (Å²) in [5, 5.41) is 7.67. The first-order chi connectivity index (χ1) is 9.46. The summed E-state index contributed by atoms with van der Waals surface area (Å²) < 4.78 is 27.1. The van der Waals surface area contributed by atoms with Gasteiger partial charge in [0, 0.05) is 31.5 Å². The number of hydrogen-bond donors (Lipinski definition) is 1. The molecule has 0 amide bonds. The number of sulfonamides is 1. The van der Waals surface area contributed by atoms with E-state index >= 15 is 0 Å². The van der Waals surface area contributed by atoms with Gasteiger partial charge in [-0.2, -0.15) is 9.40 Å². The molecule has 2 rings (SSSR count). The van der Waals surface area contributed by atoms with Gasteiger partial charge in [-0.1, -0.05) is 15.9 Å². The highest BCUT2D eigenvalue weighted by Crippen LogP contribution is 2.22. The minimum absolute atomic E-state index is 0.339. The molecule has 0 atom stereocenters. The first-order valence-electron chi connectivity index (χ1n) is 6.77. The molecule has 1 N–H and O–H groups in total. The van der Waals surface area contributed by atoms with Crippen molar-refractivity contribution in [3.63, 3.8) is 0 Å². The first-order valence-corrected chi connectivity index (χ1v) is 9.33. The van der Waals surface area contributed by atoms with E-state index in [9.17, 15) is 8.42 Å². The molecule has 1 aromatic heterocycles. The summed E-state index contributed by atoms with van der Waals surface area (Å²) in [6.07, 6.45) is 0.863. The van der Waals surface area contributed by atoms with Gasteiger partial charge in [-0.15, -0.1) is 0 Å². The molecule has 0 unspecified atom stereocenters. The Hall–Kier alpha value is -0.440. The molecule has 114 valence electrons. The average molecular weight is 365 g/mol. The lowest BCUT2D eigenvalue weighted by Gasteiger charge is -2.21. The fraction of sp³-hybridized carbons (Fsp3) is 0.750. The molecule has 0 bridgehead atoms. The number of halogens is 1. The third kappa shape index (κ3) is 3.24. The van der Waals surface area contributed by atoms with Crippen molar-refractivity contribution in [1.29, 1.82) is 0 Å². The van der Waals surface area contributed by atoms with Crippen LogP contribution in [0.5, 0.6) is 0 Å². The lowest BCUT2D eigenvalue weighted by atomic mass is 10.4. The Kier molecular flexibility index (Phi) is 5.22.